The van der Waals surface area contributed by atoms with Crippen molar-refractivity contribution in [2.45, 2.75) is 38.5 Å². The monoisotopic (exact) mass is 321 g/mol. The van der Waals surface area contributed by atoms with E-state index in [2.05, 4.69) is 64.5 Å². The van der Waals surface area contributed by atoms with Gasteiger partial charge in [-0.15, -0.1) is 0 Å². The van der Waals surface area contributed by atoms with Crippen molar-refractivity contribution in [3.05, 3.63) is 20.8 Å². The normalized spacial score (nSPS) is 15.0. The van der Waals surface area contributed by atoms with Crippen LogP contribution in [0, 0.1) is 0 Å². The van der Waals surface area contributed by atoms with Crippen LogP contribution in [0.3, 0.4) is 0 Å². The number of rotatable bonds is 7. The standard InChI is InChI=1S/C12H20BrNS2/c1-4-9(3)16-8-12(14-5-2)10-6-15-7-11(10)13/h6-7,9,12,14H,4-5,8H2,1-3H3. The molecule has 0 bridgehead atoms. The van der Waals surface area contributed by atoms with Crippen LogP contribution in [0.1, 0.15) is 38.8 Å². The maximum absolute atomic E-state index is 3.62. The molecular weight excluding hydrogens is 302 g/mol. The number of thiophene rings is 1. The highest BCUT2D eigenvalue weighted by Gasteiger charge is 2.15. The third-order valence-corrected chi connectivity index (χ3v) is 5.77. The van der Waals surface area contributed by atoms with Crippen LogP contribution in [0.15, 0.2) is 15.2 Å². The lowest BCUT2D eigenvalue weighted by Crippen LogP contribution is -2.23. The van der Waals surface area contributed by atoms with E-state index in [-0.39, 0.29) is 0 Å². The number of hydrogen-bond acceptors (Lipinski definition) is 3. The van der Waals surface area contributed by atoms with E-state index >= 15 is 0 Å². The van der Waals surface area contributed by atoms with Crippen LogP contribution in [-0.2, 0) is 0 Å². The zero-order valence-electron chi connectivity index (χ0n) is 10.1. The summed E-state index contributed by atoms with van der Waals surface area (Å²) >= 11 is 7.44. The second kappa shape index (κ2) is 7.75. The molecule has 1 aromatic heterocycles. The van der Waals surface area contributed by atoms with Gasteiger partial charge in [0.1, 0.15) is 0 Å². The molecule has 0 aliphatic heterocycles. The summed E-state index contributed by atoms with van der Waals surface area (Å²) in [5.41, 5.74) is 1.41. The van der Waals surface area contributed by atoms with E-state index in [0.717, 1.165) is 17.5 Å². The average molecular weight is 322 g/mol. The van der Waals surface area contributed by atoms with E-state index in [9.17, 15) is 0 Å². The molecular formula is C12H20BrNS2. The van der Waals surface area contributed by atoms with Crippen LogP contribution in [0.2, 0.25) is 0 Å². The predicted molar refractivity (Wildman–Crippen MR) is 80.6 cm³/mol. The second-order valence-corrected chi connectivity index (χ2v) is 6.91. The molecule has 4 heteroatoms. The summed E-state index contributed by atoms with van der Waals surface area (Å²) in [6.07, 6.45) is 1.24. The number of halogens is 1. The minimum atomic E-state index is 0.477. The molecule has 1 rings (SSSR count). The van der Waals surface area contributed by atoms with Gasteiger partial charge in [-0.25, -0.2) is 0 Å². The summed E-state index contributed by atoms with van der Waals surface area (Å²) in [5, 5.41) is 8.71. The summed E-state index contributed by atoms with van der Waals surface area (Å²) in [4.78, 5) is 0. The number of thioether (sulfide) groups is 1. The van der Waals surface area contributed by atoms with Crippen molar-refractivity contribution in [3.63, 3.8) is 0 Å². The predicted octanol–water partition coefficient (Wildman–Crippen LogP) is 4.69. The summed E-state index contributed by atoms with van der Waals surface area (Å²) in [6.45, 7) is 7.74. The van der Waals surface area contributed by atoms with Gasteiger partial charge in [-0.2, -0.15) is 23.1 Å². The molecule has 0 aliphatic rings. The summed E-state index contributed by atoms with van der Waals surface area (Å²) in [7, 11) is 0. The second-order valence-electron chi connectivity index (χ2n) is 3.84. The van der Waals surface area contributed by atoms with Crippen LogP contribution in [0.4, 0.5) is 0 Å². The summed E-state index contributed by atoms with van der Waals surface area (Å²) < 4.78 is 1.24. The number of nitrogens with one attached hydrogen (secondary N) is 1. The Kier molecular flexibility index (Phi) is 7.04. The third kappa shape index (κ3) is 4.40. The average Bonchev–Trinajstić information content (AvgIpc) is 2.70. The van der Waals surface area contributed by atoms with Gasteiger partial charge in [0.05, 0.1) is 0 Å². The zero-order chi connectivity index (χ0) is 12.0. The Labute approximate surface area is 116 Å². The summed E-state index contributed by atoms with van der Waals surface area (Å²) in [5.74, 6) is 1.15. The largest absolute Gasteiger partial charge is 0.309 e. The Hall–Kier alpha value is 0.490. The Morgan fingerprint density at radius 1 is 1.44 bits per heavy atom. The Morgan fingerprint density at radius 2 is 2.19 bits per heavy atom. The van der Waals surface area contributed by atoms with Gasteiger partial charge in [-0.3, -0.25) is 0 Å². The van der Waals surface area contributed by atoms with Gasteiger partial charge in [0.25, 0.3) is 0 Å². The molecule has 2 atom stereocenters. The van der Waals surface area contributed by atoms with E-state index < -0.39 is 0 Å². The molecule has 0 radical (unpaired) electrons. The topological polar surface area (TPSA) is 12.0 Å². The van der Waals surface area contributed by atoms with E-state index in [0.29, 0.717) is 6.04 Å². The molecule has 0 spiro atoms. The maximum Gasteiger partial charge on any atom is 0.0431 e. The molecule has 1 N–H and O–H groups in total. The lowest BCUT2D eigenvalue weighted by atomic mass is 10.2. The van der Waals surface area contributed by atoms with Crippen molar-refractivity contribution in [1.82, 2.24) is 5.32 Å². The van der Waals surface area contributed by atoms with Crippen molar-refractivity contribution < 1.29 is 0 Å². The lowest BCUT2D eigenvalue weighted by molar-refractivity contribution is 0.604. The smallest absolute Gasteiger partial charge is 0.0431 e. The van der Waals surface area contributed by atoms with E-state index in [1.165, 1.54) is 16.5 Å². The Morgan fingerprint density at radius 3 is 2.69 bits per heavy atom. The highest BCUT2D eigenvalue weighted by molar-refractivity contribution is 9.10. The Bertz CT molecular complexity index is 301. The molecule has 16 heavy (non-hydrogen) atoms. The molecule has 92 valence electrons. The molecule has 2 unspecified atom stereocenters. The van der Waals surface area contributed by atoms with Gasteiger partial charge in [0, 0.05) is 26.9 Å². The van der Waals surface area contributed by atoms with E-state index in [4.69, 9.17) is 0 Å². The van der Waals surface area contributed by atoms with E-state index in [1.54, 1.807) is 11.3 Å². The van der Waals surface area contributed by atoms with Crippen LogP contribution in [0.25, 0.3) is 0 Å². The van der Waals surface area contributed by atoms with Crippen molar-refractivity contribution >= 4 is 39.0 Å². The van der Waals surface area contributed by atoms with Gasteiger partial charge in [-0.05, 0) is 39.8 Å². The summed E-state index contributed by atoms with van der Waals surface area (Å²) in [6, 6.07) is 0.477. The van der Waals surface area contributed by atoms with Gasteiger partial charge >= 0.3 is 0 Å². The van der Waals surface area contributed by atoms with Crippen LogP contribution < -0.4 is 5.32 Å². The number of hydrogen-bond donors (Lipinski definition) is 1. The molecule has 1 nitrogen and oxygen atoms in total. The van der Waals surface area contributed by atoms with Gasteiger partial charge in [0.15, 0.2) is 0 Å². The first-order valence-corrected chi connectivity index (χ1v) is 8.54. The molecule has 1 heterocycles. The minimum absolute atomic E-state index is 0.477. The van der Waals surface area contributed by atoms with Crippen LogP contribution in [-0.4, -0.2) is 17.5 Å². The molecule has 0 aromatic carbocycles. The molecule has 1 aromatic rings. The van der Waals surface area contributed by atoms with Gasteiger partial charge in [-0.1, -0.05) is 20.8 Å². The molecule has 0 fully saturated rings. The lowest BCUT2D eigenvalue weighted by Gasteiger charge is -2.19. The fourth-order valence-electron chi connectivity index (χ4n) is 1.42. The molecule has 0 saturated heterocycles. The van der Waals surface area contributed by atoms with Crippen molar-refractivity contribution in [3.8, 4) is 0 Å². The fourth-order valence-corrected chi connectivity index (χ4v) is 4.10. The zero-order valence-corrected chi connectivity index (χ0v) is 13.3. The fraction of sp³-hybridized carbons (Fsp3) is 0.667. The molecule has 0 aliphatic carbocycles. The van der Waals surface area contributed by atoms with Crippen molar-refractivity contribution in [2.24, 2.45) is 0 Å². The Balaban J connectivity index is 2.58. The third-order valence-electron chi connectivity index (χ3n) is 2.59. The highest BCUT2D eigenvalue weighted by Crippen LogP contribution is 2.30. The molecule has 0 saturated carbocycles. The van der Waals surface area contributed by atoms with Crippen LogP contribution >= 0.6 is 39.0 Å². The van der Waals surface area contributed by atoms with Crippen LogP contribution in [0.5, 0.6) is 0 Å². The first-order valence-electron chi connectivity index (χ1n) is 5.75. The SMILES string of the molecule is CCNC(CSC(C)CC)c1cscc1Br. The van der Waals surface area contributed by atoms with Gasteiger partial charge in [0.2, 0.25) is 0 Å². The highest BCUT2D eigenvalue weighted by atomic mass is 79.9. The van der Waals surface area contributed by atoms with Crippen molar-refractivity contribution in [2.75, 3.05) is 12.3 Å². The quantitative estimate of drug-likeness (QED) is 0.781. The maximum atomic E-state index is 3.62. The van der Waals surface area contributed by atoms with Crippen molar-refractivity contribution in [1.29, 1.82) is 0 Å². The first kappa shape index (κ1) is 14.6. The van der Waals surface area contributed by atoms with Gasteiger partial charge < -0.3 is 5.32 Å². The minimum Gasteiger partial charge on any atom is -0.309 e. The molecule has 0 amide bonds. The van der Waals surface area contributed by atoms with E-state index in [1.807, 2.05) is 0 Å². The first-order chi connectivity index (χ1) is 7.69.